The second kappa shape index (κ2) is 4.45. The van der Waals surface area contributed by atoms with Gasteiger partial charge in [0, 0.05) is 6.26 Å². The fourth-order valence-corrected chi connectivity index (χ4v) is 1.72. The second-order valence-corrected chi connectivity index (χ2v) is 6.85. The lowest BCUT2D eigenvalue weighted by Crippen LogP contribution is -2.29. The van der Waals surface area contributed by atoms with Gasteiger partial charge < -0.3 is 0 Å². The number of rotatable bonds is 4. The number of carbonyl (C=O) groups is 1. The number of nitro groups is 1. The highest BCUT2D eigenvalue weighted by Gasteiger charge is 2.35. The summed E-state index contributed by atoms with van der Waals surface area (Å²) >= 11 is 0. The molecule has 0 fully saturated rings. The summed E-state index contributed by atoms with van der Waals surface area (Å²) in [6.07, 6.45) is 2.24. The average molecular weight is 272 g/mol. The van der Waals surface area contributed by atoms with Crippen molar-refractivity contribution in [1.82, 2.24) is 4.98 Å². The van der Waals surface area contributed by atoms with Crippen LogP contribution in [0.15, 0.2) is 12.3 Å². The van der Waals surface area contributed by atoms with Crippen LogP contribution in [0.5, 0.6) is 0 Å². The maximum Gasteiger partial charge on any atom is 0.298 e. The first-order chi connectivity index (χ1) is 8.11. The van der Waals surface area contributed by atoms with E-state index in [2.05, 4.69) is 4.98 Å². The summed E-state index contributed by atoms with van der Waals surface area (Å²) in [4.78, 5) is 24.4. The molecular weight excluding hydrogens is 260 g/mol. The molecule has 1 aromatic heterocycles. The van der Waals surface area contributed by atoms with Crippen molar-refractivity contribution in [3.8, 4) is 0 Å². The van der Waals surface area contributed by atoms with E-state index in [1.165, 1.54) is 13.8 Å². The van der Waals surface area contributed by atoms with Gasteiger partial charge in [0.15, 0.2) is 16.1 Å². The molecule has 0 unspecified atom stereocenters. The zero-order valence-electron chi connectivity index (χ0n) is 10.1. The molecule has 98 valence electrons. The highest BCUT2D eigenvalue weighted by atomic mass is 32.2. The lowest BCUT2D eigenvalue weighted by atomic mass is 10.1. The molecule has 0 atom stereocenters. The molecule has 0 aliphatic heterocycles. The van der Waals surface area contributed by atoms with Gasteiger partial charge in [-0.15, -0.1) is 0 Å². The Morgan fingerprint density at radius 1 is 1.44 bits per heavy atom. The molecule has 7 nitrogen and oxygen atoms in total. The van der Waals surface area contributed by atoms with Crippen molar-refractivity contribution in [2.45, 2.75) is 18.6 Å². The predicted octanol–water partition coefficient (Wildman–Crippen LogP) is 1.08. The molecule has 0 N–H and O–H groups in total. The third-order valence-electron chi connectivity index (χ3n) is 2.78. The number of sulfone groups is 1. The Balaban J connectivity index is 3.48. The number of aromatic nitrogens is 1. The van der Waals surface area contributed by atoms with Crippen LogP contribution in [0.1, 0.15) is 29.9 Å². The van der Waals surface area contributed by atoms with Gasteiger partial charge in [0.2, 0.25) is 0 Å². The van der Waals surface area contributed by atoms with Crippen molar-refractivity contribution < 1.29 is 18.1 Å². The SMILES string of the molecule is CC(C)(c1cc(C=O)c([N+](=O)[O-])cn1)S(C)(=O)=O. The Kier molecular flexibility index (Phi) is 3.52. The van der Waals surface area contributed by atoms with Gasteiger partial charge in [-0.05, 0) is 19.9 Å². The second-order valence-electron chi connectivity index (χ2n) is 4.29. The van der Waals surface area contributed by atoms with E-state index in [4.69, 9.17) is 0 Å². The number of carbonyl (C=O) groups excluding carboxylic acids is 1. The van der Waals surface area contributed by atoms with Crippen molar-refractivity contribution in [3.05, 3.63) is 33.6 Å². The van der Waals surface area contributed by atoms with E-state index in [1.807, 2.05) is 0 Å². The van der Waals surface area contributed by atoms with E-state index < -0.39 is 25.2 Å². The van der Waals surface area contributed by atoms with Gasteiger partial charge in [-0.3, -0.25) is 19.9 Å². The zero-order chi connectivity index (χ0) is 14.1. The number of hydrogen-bond acceptors (Lipinski definition) is 6. The van der Waals surface area contributed by atoms with Gasteiger partial charge in [-0.25, -0.2) is 8.42 Å². The minimum Gasteiger partial charge on any atom is -0.298 e. The van der Waals surface area contributed by atoms with Gasteiger partial charge in [-0.1, -0.05) is 0 Å². The summed E-state index contributed by atoms with van der Waals surface area (Å²) in [5.41, 5.74) is -0.544. The summed E-state index contributed by atoms with van der Waals surface area (Å²) in [7, 11) is -3.46. The first-order valence-corrected chi connectivity index (χ1v) is 6.80. The average Bonchev–Trinajstić information content (AvgIpc) is 2.26. The van der Waals surface area contributed by atoms with Gasteiger partial charge in [-0.2, -0.15) is 0 Å². The first-order valence-electron chi connectivity index (χ1n) is 4.91. The molecule has 0 radical (unpaired) electrons. The molecule has 0 aromatic carbocycles. The number of nitrogens with zero attached hydrogens (tertiary/aromatic N) is 2. The highest BCUT2D eigenvalue weighted by molar-refractivity contribution is 7.91. The van der Waals surface area contributed by atoms with Crippen molar-refractivity contribution in [2.75, 3.05) is 6.26 Å². The van der Waals surface area contributed by atoms with Crippen molar-refractivity contribution in [3.63, 3.8) is 0 Å². The smallest absolute Gasteiger partial charge is 0.298 e. The van der Waals surface area contributed by atoms with E-state index in [0.29, 0.717) is 6.29 Å². The molecule has 18 heavy (non-hydrogen) atoms. The highest BCUT2D eigenvalue weighted by Crippen LogP contribution is 2.29. The lowest BCUT2D eigenvalue weighted by molar-refractivity contribution is -0.385. The largest absolute Gasteiger partial charge is 0.298 e. The van der Waals surface area contributed by atoms with Crippen molar-refractivity contribution >= 4 is 21.8 Å². The van der Waals surface area contributed by atoms with Crippen molar-refractivity contribution in [2.24, 2.45) is 0 Å². The Hall–Kier alpha value is -1.83. The fraction of sp³-hybridized carbons (Fsp3) is 0.400. The Bertz CT molecular complexity index is 607. The minimum absolute atomic E-state index is 0.0951. The third kappa shape index (κ3) is 2.37. The molecule has 1 aromatic rings. The normalized spacial score (nSPS) is 12.2. The standard InChI is InChI=1S/C10H12N2O5S/c1-10(2,18(3,16)17)9-4-7(6-13)8(5-11-9)12(14)15/h4-6H,1-3H3. The van der Waals surface area contributed by atoms with Crippen LogP contribution in [0, 0.1) is 10.1 Å². The van der Waals surface area contributed by atoms with Crippen LogP contribution in [0.3, 0.4) is 0 Å². The Morgan fingerprint density at radius 2 is 2.00 bits per heavy atom. The summed E-state index contributed by atoms with van der Waals surface area (Å²) in [6.45, 7) is 2.84. The topological polar surface area (TPSA) is 107 Å². The maximum absolute atomic E-state index is 11.6. The molecule has 0 saturated heterocycles. The lowest BCUT2D eigenvalue weighted by Gasteiger charge is -2.21. The van der Waals surface area contributed by atoms with Crippen molar-refractivity contribution in [1.29, 1.82) is 0 Å². The van der Waals surface area contributed by atoms with Crippen LogP contribution >= 0.6 is 0 Å². The summed E-state index contributed by atoms with van der Waals surface area (Å²) in [6, 6.07) is 1.13. The van der Waals surface area contributed by atoms with Gasteiger partial charge >= 0.3 is 0 Å². The van der Waals surface area contributed by atoms with Crippen LogP contribution in [0.4, 0.5) is 5.69 Å². The van der Waals surface area contributed by atoms with Gasteiger partial charge in [0.1, 0.15) is 10.9 Å². The van der Waals surface area contributed by atoms with Crippen LogP contribution in [0.25, 0.3) is 0 Å². The summed E-state index contributed by atoms with van der Waals surface area (Å²) < 4.78 is 21.9. The predicted molar refractivity (Wildman–Crippen MR) is 64.1 cm³/mol. The molecule has 0 bridgehead atoms. The first kappa shape index (κ1) is 14.2. The van der Waals surface area contributed by atoms with E-state index >= 15 is 0 Å². The molecule has 0 aliphatic rings. The third-order valence-corrected chi connectivity index (χ3v) is 4.84. The molecule has 1 rings (SSSR count). The van der Waals surface area contributed by atoms with Crippen LogP contribution in [-0.2, 0) is 14.6 Å². The molecule has 8 heteroatoms. The van der Waals surface area contributed by atoms with Gasteiger partial charge in [0.05, 0.1) is 16.2 Å². The molecule has 1 heterocycles. The van der Waals surface area contributed by atoms with E-state index in [9.17, 15) is 23.3 Å². The van der Waals surface area contributed by atoms with Crippen LogP contribution < -0.4 is 0 Å². The Labute approximate surface area is 104 Å². The number of hydrogen-bond donors (Lipinski definition) is 0. The zero-order valence-corrected chi connectivity index (χ0v) is 10.9. The summed E-state index contributed by atoms with van der Waals surface area (Å²) in [5.74, 6) is 0. The monoisotopic (exact) mass is 272 g/mol. The van der Waals surface area contributed by atoms with Gasteiger partial charge in [0.25, 0.3) is 5.69 Å². The number of aldehydes is 1. The molecule has 0 spiro atoms. The minimum atomic E-state index is -3.46. The van der Waals surface area contributed by atoms with E-state index in [-0.39, 0.29) is 11.3 Å². The molecule has 0 amide bonds. The van der Waals surface area contributed by atoms with Crippen LogP contribution in [-0.4, -0.2) is 30.9 Å². The molecule has 0 aliphatic carbocycles. The molecule has 0 saturated carbocycles. The summed E-state index contributed by atoms with van der Waals surface area (Å²) in [5, 5.41) is 10.6. The number of pyridine rings is 1. The fourth-order valence-electron chi connectivity index (χ4n) is 1.23. The van der Waals surface area contributed by atoms with E-state index in [0.717, 1.165) is 18.5 Å². The van der Waals surface area contributed by atoms with Crippen LogP contribution in [0.2, 0.25) is 0 Å². The Morgan fingerprint density at radius 3 is 2.39 bits per heavy atom. The molecular formula is C10H12N2O5S. The quantitative estimate of drug-likeness (QED) is 0.461. The maximum atomic E-state index is 11.6. The van der Waals surface area contributed by atoms with E-state index in [1.54, 1.807) is 0 Å².